The lowest BCUT2D eigenvalue weighted by Crippen LogP contribution is -2.38. The molecule has 1 aromatic heterocycles. The molecule has 0 N–H and O–H groups in total. The first-order valence-corrected chi connectivity index (χ1v) is 8.12. The van der Waals surface area contributed by atoms with Crippen LogP contribution < -0.4 is 4.90 Å². The van der Waals surface area contributed by atoms with Crippen molar-refractivity contribution in [1.82, 2.24) is 14.9 Å². The average Bonchev–Trinajstić information content (AvgIpc) is 2.59. The molecule has 0 unspecified atom stereocenters. The molecule has 1 amide bonds. The van der Waals surface area contributed by atoms with Crippen LogP contribution in [0.3, 0.4) is 0 Å². The van der Waals surface area contributed by atoms with E-state index in [0.29, 0.717) is 19.5 Å². The van der Waals surface area contributed by atoms with Crippen molar-refractivity contribution in [1.29, 1.82) is 0 Å². The number of benzene rings is 1. The lowest BCUT2D eigenvalue weighted by Gasteiger charge is -2.31. The fraction of sp³-hybridized carbons (Fsp3) is 0.389. The van der Waals surface area contributed by atoms with E-state index in [-0.39, 0.29) is 11.5 Å². The van der Waals surface area contributed by atoms with E-state index in [1.54, 1.807) is 17.0 Å². The normalized spacial score (nSPS) is 13.6. The Morgan fingerprint density at radius 2 is 2.08 bits per heavy atom. The quantitative estimate of drug-likeness (QED) is 0.869. The first-order chi connectivity index (χ1) is 11.5. The molecule has 6 heteroatoms. The Labute approximate surface area is 141 Å². The van der Waals surface area contributed by atoms with E-state index in [0.717, 1.165) is 29.4 Å². The topological polar surface area (TPSA) is 49.3 Å². The molecule has 0 fully saturated rings. The zero-order valence-electron chi connectivity index (χ0n) is 14.2. The highest BCUT2D eigenvalue weighted by atomic mass is 19.1. The molecule has 0 atom stereocenters. The summed E-state index contributed by atoms with van der Waals surface area (Å²) in [6.45, 7) is 5.68. The van der Waals surface area contributed by atoms with Crippen molar-refractivity contribution in [3.05, 3.63) is 52.7 Å². The third kappa shape index (κ3) is 2.96. The maximum Gasteiger partial charge on any atom is 0.257 e. The van der Waals surface area contributed by atoms with Gasteiger partial charge in [-0.1, -0.05) is 12.1 Å². The lowest BCUT2D eigenvalue weighted by atomic mass is 10.0. The number of hydrogen-bond donors (Lipinski definition) is 0. The molecule has 2 heterocycles. The molecule has 24 heavy (non-hydrogen) atoms. The molecule has 0 aliphatic carbocycles. The third-order valence-electron chi connectivity index (χ3n) is 4.38. The Hall–Kier alpha value is -2.50. The number of halogens is 1. The number of carbonyl (C=O) groups is 1. The van der Waals surface area contributed by atoms with Crippen LogP contribution in [0.5, 0.6) is 0 Å². The first kappa shape index (κ1) is 16.4. The summed E-state index contributed by atoms with van der Waals surface area (Å²) in [5.41, 5.74) is 2.05. The van der Waals surface area contributed by atoms with Gasteiger partial charge in [0.1, 0.15) is 17.5 Å². The Kier molecular flexibility index (Phi) is 4.46. The summed E-state index contributed by atoms with van der Waals surface area (Å²) in [4.78, 5) is 25.5. The molecule has 1 aliphatic heterocycles. The highest BCUT2D eigenvalue weighted by Gasteiger charge is 2.27. The van der Waals surface area contributed by atoms with Gasteiger partial charge < -0.3 is 9.80 Å². The summed E-state index contributed by atoms with van der Waals surface area (Å²) in [5, 5.41) is 0. The molecule has 3 rings (SSSR count). The molecule has 1 aromatic carbocycles. The minimum absolute atomic E-state index is 0.111. The van der Waals surface area contributed by atoms with Crippen LogP contribution in [0.2, 0.25) is 0 Å². The van der Waals surface area contributed by atoms with Crippen molar-refractivity contribution in [2.45, 2.75) is 26.8 Å². The van der Waals surface area contributed by atoms with Gasteiger partial charge in [0.2, 0.25) is 0 Å². The maximum atomic E-state index is 13.9. The number of carbonyl (C=O) groups excluding carboxylic acids is 1. The molecule has 0 bridgehead atoms. The minimum atomic E-state index is -0.487. The second-order valence-corrected chi connectivity index (χ2v) is 5.99. The highest BCUT2D eigenvalue weighted by molar-refractivity contribution is 5.94. The smallest absolute Gasteiger partial charge is 0.257 e. The maximum absolute atomic E-state index is 13.9. The number of aryl methyl sites for hydroxylation is 1. The van der Waals surface area contributed by atoms with Crippen molar-refractivity contribution in [2.24, 2.45) is 0 Å². The standard InChI is InChI=1S/C18H21FN4O/c1-4-22(3)17-14-11-23(10-9-16(14)20-12(2)21-17)18(24)13-7-5-6-8-15(13)19/h5-8H,4,9-11H2,1-3H3. The van der Waals surface area contributed by atoms with E-state index in [1.807, 2.05) is 18.9 Å². The van der Waals surface area contributed by atoms with Gasteiger partial charge in [-0.2, -0.15) is 0 Å². The van der Waals surface area contributed by atoms with E-state index in [1.165, 1.54) is 12.1 Å². The predicted molar refractivity (Wildman–Crippen MR) is 90.6 cm³/mol. The van der Waals surface area contributed by atoms with Crippen LogP contribution in [-0.2, 0) is 13.0 Å². The van der Waals surface area contributed by atoms with E-state index in [2.05, 4.69) is 16.9 Å². The molecule has 0 saturated heterocycles. The summed E-state index contributed by atoms with van der Waals surface area (Å²) in [6.07, 6.45) is 0.656. The molecule has 0 spiro atoms. The number of fused-ring (bicyclic) bond motifs is 1. The van der Waals surface area contributed by atoms with Crippen LogP contribution in [0, 0.1) is 12.7 Å². The monoisotopic (exact) mass is 328 g/mol. The van der Waals surface area contributed by atoms with Crippen LogP contribution in [0.4, 0.5) is 10.2 Å². The number of rotatable bonds is 3. The molecular formula is C18H21FN4O. The molecule has 1 aliphatic rings. The fourth-order valence-corrected chi connectivity index (χ4v) is 2.96. The first-order valence-electron chi connectivity index (χ1n) is 8.12. The van der Waals surface area contributed by atoms with Crippen molar-refractivity contribution in [3.8, 4) is 0 Å². The van der Waals surface area contributed by atoms with Gasteiger partial charge in [0.15, 0.2) is 0 Å². The summed E-state index contributed by atoms with van der Waals surface area (Å²) < 4.78 is 13.9. The van der Waals surface area contributed by atoms with Crippen molar-refractivity contribution >= 4 is 11.7 Å². The number of hydrogen-bond acceptors (Lipinski definition) is 4. The van der Waals surface area contributed by atoms with E-state index in [4.69, 9.17) is 0 Å². The average molecular weight is 328 g/mol. The van der Waals surface area contributed by atoms with Crippen LogP contribution in [0.1, 0.15) is 34.4 Å². The SMILES string of the molecule is CCN(C)c1nc(C)nc2c1CN(C(=O)c1ccccc1F)CC2. The number of nitrogens with zero attached hydrogens (tertiary/aromatic N) is 4. The number of anilines is 1. The van der Waals surface area contributed by atoms with Crippen molar-refractivity contribution in [3.63, 3.8) is 0 Å². The minimum Gasteiger partial charge on any atom is -0.360 e. The van der Waals surface area contributed by atoms with Gasteiger partial charge in [-0.3, -0.25) is 4.79 Å². The Morgan fingerprint density at radius 1 is 1.33 bits per heavy atom. The van der Waals surface area contributed by atoms with Gasteiger partial charge >= 0.3 is 0 Å². The second-order valence-electron chi connectivity index (χ2n) is 5.99. The van der Waals surface area contributed by atoms with Crippen molar-refractivity contribution < 1.29 is 9.18 Å². The summed E-state index contributed by atoms with van der Waals surface area (Å²) in [6, 6.07) is 6.10. The Morgan fingerprint density at radius 3 is 2.79 bits per heavy atom. The van der Waals surface area contributed by atoms with Crippen LogP contribution in [-0.4, -0.2) is 40.9 Å². The van der Waals surface area contributed by atoms with Crippen LogP contribution in [0.15, 0.2) is 24.3 Å². The van der Waals surface area contributed by atoms with Gasteiger partial charge in [0.05, 0.1) is 17.8 Å². The summed E-state index contributed by atoms with van der Waals surface area (Å²) in [7, 11) is 1.97. The predicted octanol–water partition coefficient (Wildman–Crippen LogP) is 2.58. The summed E-state index contributed by atoms with van der Waals surface area (Å²) in [5.74, 6) is 0.813. The van der Waals surface area contributed by atoms with E-state index < -0.39 is 5.82 Å². The Bertz CT molecular complexity index is 778. The van der Waals surface area contributed by atoms with Gasteiger partial charge in [-0.15, -0.1) is 0 Å². The molecule has 5 nitrogen and oxygen atoms in total. The van der Waals surface area contributed by atoms with Crippen LogP contribution >= 0.6 is 0 Å². The number of amides is 1. The second kappa shape index (κ2) is 6.55. The Balaban J connectivity index is 1.94. The highest BCUT2D eigenvalue weighted by Crippen LogP contribution is 2.27. The van der Waals surface area contributed by atoms with Gasteiger partial charge in [-0.25, -0.2) is 14.4 Å². The number of aromatic nitrogens is 2. The largest absolute Gasteiger partial charge is 0.360 e. The molecular weight excluding hydrogens is 307 g/mol. The molecule has 126 valence electrons. The molecule has 2 aromatic rings. The van der Waals surface area contributed by atoms with Gasteiger partial charge in [0, 0.05) is 32.1 Å². The zero-order valence-corrected chi connectivity index (χ0v) is 14.2. The van der Waals surface area contributed by atoms with Gasteiger partial charge in [-0.05, 0) is 26.0 Å². The van der Waals surface area contributed by atoms with E-state index >= 15 is 0 Å². The zero-order chi connectivity index (χ0) is 17.3. The fourth-order valence-electron chi connectivity index (χ4n) is 2.96. The van der Waals surface area contributed by atoms with Gasteiger partial charge in [0.25, 0.3) is 5.91 Å². The van der Waals surface area contributed by atoms with Crippen molar-refractivity contribution in [2.75, 3.05) is 25.0 Å². The van der Waals surface area contributed by atoms with E-state index in [9.17, 15) is 9.18 Å². The lowest BCUT2D eigenvalue weighted by molar-refractivity contribution is 0.0729. The summed E-state index contributed by atoms with van der Waals surface area (Å²) >= 11 is 0. The molecule has 0 saturated carbocycles. The molecule has 0 radical (unpaired) electrons. The third-order valence-corrected chi connectivity index (χ3v) is 4.38. The van der Waals surface area contributed by atoms with Crippen LogP contribution in [0.25, 0.3) is 0 Å².